The van der Waals surface area contributed by atoms with Gasteiger partial charge in [0.2, 0.25) is 0 Å². The molecule has 0 amide bonds. The molecular formula is C25H28N2O5S2. The molecule has 9 heteroatoms. The number of nitrogens with zero attached hydrogens (tertiary/aromatic N) is 1. The van der Waals surface area contributed by atoms with Crippen molar-refractivity contribution in [1.29, 1.82) is 0 Å². The van der Waals surface area contributed by atoms with Gasteiger partial charge >= 0.3 is 0 Å². The van der Waals surface area contributed by atoms with Crippen LogP contribution in [-0.4, -0.2) is 30.5 Å². The van der Waals surface area contributed by atoms with Crippen molar-refractivity contribution in [1.82, 2.24) is 0 Å². The predicted octanol–water partition coefficient (Wildman–Crippen LogP) is 4.54. The minimum Gasteiger partial charge on any atom is -0.497 e. The maximum Gasteiger partial charge on any atom is 0.264 e. The van der Waals surface area contributed by atoms with Crippen molar-refractivity contribution in [3.63, 3.8) is 0 Å². The maximum absolute atomic E-state index is 13.3. The van der Waals surface area contributed by atoms with E-state index in [1.165, 1.54) is 23.5 Å². The van der Waals surface area contributed by atoms with Crippen LogP contribution in [0.15, 0.2) is 76.5 Å². The fourth-order valence-electron chi connectivity index (χ4n) is 3.89. The van der Waals surface area contributed by atoms with Gasteiger partial charge in [-0.2, -0.15) is 0 Å². The number of hydrogen-bond acceptors (Lipinski definition) is 5. The molecule has 4 rings (SSSR count). The van der Waals surface area contributed by atoms with E-state index in [1.54, 1.807) is 54.6 Å². The predicted molar refractivity (Wildman–Crippen MR) is 134 cm³/mol. The van der Waals surface area contributed by atoms with Crippen LogP contribution in [0.5, 0.6) is 5.75 Å². The first-order valence-corrected chi connectivity index (χ1v) is 13.8. The van der Waals surface area contributed by atoms with Crippen LogP contribution in [0.2, 0.25) is 0 Å². The van der Waals surface area contributed by atoms with Crippen molar-refractivity contribution in [2.75, 3.05) is 22.7 Å². The number of nitrogens with one attached hydrogen (secondary N) is 1. The Morgan fingerprint density at radius 3 is 2.06 bits per heavy atom. The van der Waals surface area contributed by atoms with Gasteiger partial charge in [-0.15, -0.1) is 0 Å². The van der Waals surface area contributed by atoms with Gasteiger partial charge in [-0.25, -0.2) is 16.8 Å². The molecule has 0 unspecified atom stereocenters. The monoisotopic (exact) mass is 500 g/mol. The molecule has 0 atom stereocenters. The Labute approximate surface area is 201 Å². The number of rotatable bonds is 6. The second-order valence-corrected chi connectivity index (χ2v) is 12.8. The van der Waals surface area contributed by atoms with E-state index in [4.69, 9.17) is 4.74 Å². The number of methoxy groups -OCH3 is 1. The average Bonchev–Trinajstić information content (AvgIpc) is 3.22. The average molecular weight is 501 g/mol. The summed E-state index contributed by atoms with van der Waals surface area (Å²) in [6, 6.07) is 18.0. The molecule has 3 aromatic carbocycles. The van der Waals surface area contributed by atoms with Gasteiger partial charge < -0.3 is 4.74 Å². The molecule has 180 valence electrons. The Kier molecular flexibility index (Phi) is 6.12. The number of ether oxygens (including phenoxy) is 1. The van der Waals surface area contributed by atoms with Gasteiger partial charge in [-0.3, -0.25) is 9.03 Å². The van der Waals surface area contributed by atoms with E-state index in [9.17, 15) is 16.8 Å². The fourth-order valence-corrected chi connectivity index (χ4v) is 6.43. The van der Waals surface area contributed by atoms with Gasteiger partial charge in [-0.05, 0) is 71.5 Å². The quantitative estimate of drug-likeness (QED) is 0.536. The van der Waals surface area contributed by atoms with E-state index in [2.05, 4.69) is 25.5 Å². The summed E-state index contributed by atoms with van der Waals surface area (Å²) in [7, 11) is -6.13. The highest BCUT2D eigenvalue weighted by atomic mass is 32.2. The number of anilines is 2. The number of benzene rings is 3. The lowest BCUT2D eigenvalue weighted by Gasteiger charge is -2.21. The van der Waals surface area contributed by atoms with Crippen LogP contribution in [0.4, 0.5) is 11.4 Å². The Bertz CT molecular complexity index is 1410. The summed E-state index contributed by atoms with van der Waals surface area (Å²) >= 11 is 0. The van der Waals surface area contributed by atoms with Gasteiger partial charge in [0.25, 0.3) is 20.0 Å². The van der Waals surface area contributed by atoms with Gasteiger partial charge in [-0.1, -0.05) is 39.0 Å². The third kappa shape index (κ3) is 4.63. The van der Waals surface area contributed by atoms with E-state index in [0.29, 0.717) is 23.5 Å². The molecule has 1 aliphatic rings. The molecule has 0 saturated heterocycles. The van der Waals surface area contributed by atoms with Gasteiger partial charge in [0.1, 0.15) is 5.75 Å². The Morgan fingerprint density at radius 1 is 0.853 bits per heavy atom. The van der Waals surface area contributed by atoms with Crippen LogP contribution in [0.3, 0.4) is 0 Å². The normalized spacial score (nSPS) is 14.1. The number of sulfonamides is 2. The van der Waals surface area contributed by atoms with Crippen molar-refractivity contribution in [3.05, 3.63) is 77.9 Å². The topological polar surface area (TPSA) is 92.8 Å². The van der Waals surface area contributed by atoms with Crippen molar-refractivity contribution >= 4 is 31.4 Å². The van der Waals surface area contributed by atoms with Crippen LogP contribution in [0.25, 0.3) is 0 Å². The number of fused-ring (bicyclic) bond motifs is 1. The third-order valence-corrected chi connectivity index (χ3v) is 9.09. The summed E-state index contributed by atoms with van der Waals surface area (Å²) in [6.07, 6.45) is 0.548. The van der Waals surface area contributed by atoms with E-state index in [-0.39, 0.29) is 21.8 Å². The van der Waals surface area contributed by atoms with Crippen LogP contribution in [0, 0.1) is 0 Å². The van der Waals surface area contributed by atoms with Crippen LogP contribution in [-0.2, 0) is 31.9 Å². The lowest BCUT2D eigenvalue weighted by molar-refractivity contribution is 0.414. The van der Waals surface area contributed by atoms with Crippen LogP contribution < -0.4 is 13.8 Å². The van der Waals surface area contributed by atoms with Gasteiger partial charge in [0, 0.05) is 6.54 Å². The van der Waals surface area contributed by atoms with E-state index in [1.807, 2.05) is 0 Å². The molecule has 0 aromatic heterocycles. The second-order valence-electron chi connectivity index (χ2n) is 9.23. The summed E-state index contributed by atoms with van der Waals surface area (Å²) in [4.78, 5) is 0.287. The highest BCUT2D eigenvalue weighted by molar-refractivity contribution is 7.93. The molecular weight excluding hydrogens is 472 g/mol. The molecule has 1 aliphatic heterocycles. The largest absolute Gasteiger partial charge is 0.497 e. The summed E-state index contributed by atoms with van der Waals surface area (Å²) in [6.45, 7) is 6.47. The molecule has 34 heavy (non-hydrogen) atoms. The number of hydrogen-bond donors (Lipinski definition) is 1. The van der Waals surface area contributed by atoms with Gasteiger partial charge in [0.05, 0.1) is 28.3 Å². The molecule has 0 saturated carbocycles. The smallest absolute Gasteiger partial charge is 0.264 e. The molecule has 7 nitrogen and oxygen atoms in total. The SMILES string of the molecule is COc1ccc(S(=O)(=O)N2CCc3ccc(NS(=O)(=O)c4ccc(C(C)(C)C)cc4)cc32)cc1. The molecule has 0 radical (unpaired) electrons. The highest BCUT2D eigenvalue weighted by Gasteiger charge is 2.31. The highest BCUT2D eigenvalue weighted by Crippen LogP contribution is 2.36. The summed E-state index contributed by atoms with van der Waals surface area (Å²) in [5.41, 5.74) is 2.56. The first kappa shape index (κ1) is 24.1. The Balaban J connectivity index is 1.61. The molecule has 0 bridgehead atoms. The summed E-state index contributed by atoms with van der Waals surface area (Å²) < 4.78 is 61.5. The summed E-state index contributed by atoms with van der Waals surface area (Å²) in [5.74, 6) is 0.563. The summed E-state index contributed by atoms with van der Waals surface area (Å²) in [5, 5.41) is 0. The van der Waals surface area contributed by atoms with Crippen molar-refractivity contribution in [2.45, 2.75) is 42.4 Å². The van der Waals surface area contributed by atoms with E-state index < -0.39 is 20.0 Å². The van der Waals surface area contributed by atoms with Crippen LogP contribution >= 0.6 is 0 Å². The minimum atomic E-state index is -3.84. The maximum atomic E-state index is 13.3. The standard InChI is InChI=1S/C25H28N2O5S2/c1-25(2,3)19-6-11-22(12-7-19)33(28,29)26-20-8-5-18-15-16-27(24(18)17-20)34(30,31)23-13-9-21(32-4)10-14-23/h5-14,17,26H,15-16H2,1-4H3. The molecule has 0 fully saturated rings. The zero-order valence-corrected chi connectivity index (χ0v) is 21.2. The Morgan fingerprint density at radius 2 is 1.47 bits per heavy atom. The van der Waals surface area contributed by atoms with Crippen molar-refractivity contribution in [2.24, 2.45) is 0 Å². The fraction of sp³-hybridized carbons (Fsp3) is 0.280. The minimum absolute atomic E-state index is 0.0888. The first-order chi connectivity index (χ1) is 15.9. The van der Waals surface area contributed by atoms with Crippen molar-refractivity contribution in [3.8, 4) is 5.75 Å². The Hall–Kier alpha value is -3.04. The molecule has 3 aromatic rings. The zero-order valence-electron chi connectivity index (χ0n) is 19.6. The van der Waals surface area contributed by atoms with E-state index in [0.717, 1.165) is 11.1 Å². The first-order valence-electron chi connectivity index (χ1n) is 10.8. The molecule has 0 aliphatic carbocycles. The molecule has 0 spiro atoms. The van der Waals surface area contributed by atoms with E-state index >= 15 is 0 Å². The molecule has 1 heterocycles. The van der Waals surface area contributed by atoms with Crippen LogP contribution in [0.1, 0.15) is 31.9 Å². The van der Waals surface area contributed by atoms with Crippen molar-refractivity contribution < 1.29 is 21.6 Å². The van der Waals surface area contributed by atoms with Gasteiger partial charge in [0.15, 0.2) is 0 Å². The lowest BCUT2D eigenvalue weighted by atomic mass is 9.87. The zero-order chi connectivity index (χ0) is 24.7. The lowest BCUT2D eigenvalue weighted by Crippen LogP contribution is -2.29. The molecule has 1 N–H and O–H groups in total. The third-order valence-electron chi connectivity index (χ3n) is 5.87. The second kappa shape index (κ2) is 8.63.